The van der Waals surface area contributed by atoms with Crippen LogP contribution in [0.15, 0.2) is 97.1 Å². The number of hydrogen-bond acceptors (Lipinski definition) is 8. The number of anilines is 1. The number of nitrogens with two attached hydrogens (primary N) is 1. The predicted octanol–water partition coefficient (Wildman–Crippen LogP) is 9.96. The van der Waals surface area contributed by atoms with Gasteiger partial charge in [-0.25, -0.2) is 23.7 Å². The second-order valence-corrected chi connectivity index (χ2v) is 12.2. The number of aromatic nitrogens is 6. The fourth-order valence-corrected chi connectivity index (χ4v) is 5.05. The molecule has 55 heavy (non-hydrogen) atoms. The van der Waals surface area contributed by atoms with E-state index in [1.165, 1.54) is 36.4 Å². The van der Waals surface area contributed by atoms with Crippen molar-refractivity contribution < 1.29 is 35.1 Å². The molecule has 3 N–H and O–H groups in total. The van der Waals surface area contributed by atoms with Gasteiger partial charge in [-0.1, -0.05) is 60.7 Å². The standard InChI is InChI=1S/C18H13ClF4N4.C11H6Cl2F3N3.C7H8FN/c19-16-25-15(9-12-2-1-3-13(8-12)18(21,22)23)26-17(27-16)24-10-11-4-6-14(20)7-5-11;12-9-17-8(18-10(13)19-9)5-6-2-1-3-7(4-6)11(14,15)16;8-7-3-1-6(5-9)2-4-7/h1-8H,9-10H2,(H,24,25,26,27);1-4H,5H2;1-4H,5,9H2. The van der Waals surface area contributed by atoms with Crippen LogP contribution in [0.5, 0.6) is 0 Å². The molecule has 0 radical (unpaired) electrons. The minimum Gasteiger partial charge on any atom is -0.350 e. The first-order chi connectivity index (χ1) is 26.0. The van der Waals surface area contributed by atoms with Gasteiger partial charge >= 0.3 is 12.4 Å². The Hall–Kier alpha value is -5.03. The van der Waals surface area contributed by atoms with Crippen molar-refractivity contribution in [1.29, 1.82) is 0 Å². The molecule has 19 heteroatoms. The third-order valence-electron chi connectivity index (χ3n) is 7.03. The maximum Gasteiger partial charge on any atom is 0.416 e. The number of rotatable bonds is 8. The van der Waals surface area contributed by atoms with Crippen molar-refractivity contribution >= 4 is 40.8 Å². The number of alkyl halides is 6. The van der Waals surface area contributed by atoms with Gasteiger partial charge < -0.3 is 11.1 Å². The molecule has 0 unspecified atom stereocenters. The number of nitrogens with zero attached hydrogens (tertiary/aromatic N) is 6. The molecule has 0 aliphatic carbocycles. The number of halogens is 11. The van der Waals surface area contributed by atoms with Gasteiger partial charge in [0.2, 0.25) is 21.8 Å². The summed E-state index contributed by atoms with van der Waals surface area (Å²) in [4.78, 5) is 23.2. The van der Waals surface area contributed by atoms with Crippen LogP contribution in [-0.4, -0.2) is 29.9 Å². The normalized spacial score (nSPS) is 11.2. The highest BCUT2D eigenvalue weighted by Gasteiger charge is 2.31. The number of nitrogens with one attached hydrogen (secondary N) is 1. The summed E-state index contributed by atoms with van der Waals surface area (Å²) >= 11 is 17.1. The van der Waals surface area contributed by atoms with Gasteiger partial charge in [0, 0.05) is 25.9 Å². The fourth-order valence-electron chi connectivity index (χ4n) is 4.48. The molecule has 0 amide bonds. The van der Waals surface area contributed by atoms with Crippen LogP contribution in [0.4, 0.5) is 41.1 Å². The summed E-state index contributed by atoms with van der Waals surface area (Å²) in [5.74, 6) is 0.0686. The van der Waals surface area contributed by atoms with Crippen molar-refractivity contribution in [2.24, 2.45) is 5.73 Å². The zero-order valence-electron chi connectivity index (χ0n) is 28.0. The van der Waals surface area contributed by atoms with Crippen LogP contribution < -0.4 is 11.1 Å². The molecule has 8 nitrogen and oxygen atoms in total. The molecule has 0 fully saturated rings. The van der Waals surface area contributed by atoms with E-state index in [1.54, 1.807) is 36.4 Å². The molecule has 288 valence electrons. The topological polar surface area (TPSA) is 115 Å². The molecule has 0 aliphatic rings. The Morgan fingerprint density at radius 3 is 1.36 bits per heavy atom. The molecule has 4 aromatic carbocycles. The van der Waals surface area contributed by atoms with Crippen molar-refractivity contribution in [3.63, 3.8) is 0 Å². The van der Waals surface area contributed by atoms with Crippen LogP contribution in [0.3, 0.4) is 0 Å². The minimum absolute atomic E-state index is 0.0669. The summed E-state index contributed by atoms with van der Waals surface area (Å²) in [5.41, 5.74) is 6.37. The lowest BCUT2D eigenvalue weighted by molar-refractivity contribution is -0.138. The Morgan fingerprint density at radius 2 is 0.927 bits per heavy atom. The molecule has 6 rings (SSSR count). The van der Waals surface area contributed by atoms with Crippen LogP contribution in [-0.2, 0) is 38.3 Å². The summed E-state index contributed by atoms with van der Waals surface area (Å²) in [6, 6.07) is 21.9. The summed E-state index contributed by atoms with van der Waals surface area (Å²) in [6.45, 7) is 0.796. The average Bonchev–Trinajstić information content (AvgIpc) is 3.11. The van der Waals surface area contributed by atoms with Gasteiger partial charge in [0.25, 0.3) is 0 Å². The molecule has 0 spiro atoms. The van der Waals surface area contributed by atoms with Gasteiger partial charge in [-0.3, -0.25) is 0 Å². The van der Waals surface area contributed by atoms with Crippen LogP contribution in [0.2, 0.25) is 15.9 Å². The first kappa shape index (κ1) is 42.7. The molecule has 0 saturated carbocycles. The largest absolute Gasteiger partial charge is 0.416 e. The second kappa shape index (κ2) is 19.5. The van der Waals surface area contributed by atoms with E-state index in [9.17, 15) is 35.1 Å². The van der Waals surface area contributed by atoms with Crippen LogP contribution in [0, 0.1) is 11.6 Å². The van der Waals surface area contributed by atoms with Crippen molar-refractivity contribution in [3.8, 4) is 0 Å². The average molecular weight is 830 g/mol. The van der Waals surface area contributed by atoms with E-state index in [0.29, 0.717) is 24.2 Å². The summed E-state index contributed by atoms with van der Waals surface area (Å²) in [7, 11) is 0. The zero-order chi connectivity index (χ0) is 40.2. The molecule has 2 aromatic heterocycles. The van der Waals surface area contributed by atoms with Crippen LogP contribution >= 0.6 is 34.8 Å². The lowest BCUT2D eigenvalue weighted by Gasteiger charge is -2.09. The Morgan fingerprint density at radius 1 is 0.509 bits per heavy atom. The van der Waals surface area contributed by atoms with Crippen molar-refractivity contribution in [1.82, 2.24) is 29.9 Å². The molecule has 6 aromatic rings. The van der Waals surface area contributed by atoms with Gasteiger partial charge in [0.1, 0.15) is 23.3 Å². The van der Waals surface area contributed by atoms with Crippen LogP contribution in [0.1, 0.15) is 45.0 Å². The van der Waals surface area contributed by atoms with E-state index in [1.807, 2.05) is 0 Å². The number of hydrogen-bond donors (Lipinski definition) is 2. The Bertz CT molecular complexity index is 2130. The molecular formula is C36H27Cl3F8N8. The maximum atomic E-state index is 12.9. The minimum atomic E-state index is -4.42. The van der Waals surface area contributed by atoms with Crippen LogP contribution in [0.25, 0.3) is 0 Å². The molecule has 2 heterocycles. The van der Waals surface area contributed by atoms with Crippen molar-refractivity contribution in [2.45, 2.75) is 38.3 Å². The van der Waals surface area contributed by atoms with Gasteiger partial charge in [0.15, 0.2) is 0 Å². The van der Waals surface area contributed by atoms with E-state index in [4.69, 9.17) is 40.5 Å². The van der Waals surface area contributed by atoms with Gasteiger partial charge in [-0.05, 0) is 93.5 Å². The highest BCUT2D eigenvalue weighted by molar-refractivity contribution is 6.31. The van der Waals surface area contributed by atoms with E-state index in [0.717, 1.165) is 35.4 Å². The second-order valence-electron chi connectivity index (χ2n) is 11.2. The zero-order valence-corrected chi connectivity index (χ0v) is 30.3. The Kier molecular flexibility index (Phi) is 15.2. The summed E-state index contributed by atoms with van der Waals surface area (Å²) < 4.78 is 101. The van der Waals surface area contributed by atoms with E-state index < -0.39 is 23.5 Å². The lowest BCUT2D eigenvalue weighted by Crippen LogP contribution is -2.09. The molecule has 0 atom stereocenters. The quantitative estimate of drug-likeness (QED) is 0.146. The Labute approximate surface area is 323 Å². The Balaban J connectivity index is 0.000000207. The predicted molar refractivity (Wildman–Crippen MR) is 191 cm³/mol. The highest BCUT2D eigenvalue weighted by Crippen LogP contribution is 2.31. The lowest BCUT2D eigenvalue weighted by atomic mass is 10.1. The fraction of sp³-hybridized carbons (Fsp3) is 0.167. The van der Waals surface area contributed by atoms with Gasteiger partial charge in [-0.15, -0.1) is 0 Å². The summed E-state index contributed by atoms with van der Waals surface area (Å²) in [5, 5.41) is 2.67. The highest BCUT2D eigenvalue weighted by atomic mass is 35.5. The van der Waals surface area contributed by atoms with Gasteiger partial charge in [0.05, 0.1) is 11.1 Å². The van der Waals surface area contributed by atoms with E-state index >= 15 is 0 Å². The SMILES string of the molecule is FC(F)(F)c1cccc(Cc2nc(Cl)nc(Cl)n2)c1.Fc1ccc(CNc2nc(Cl)nc(Cc3cccc(C(F)(F)F)c3)n2)cc1.NCc1ccc(F)cc1. The third-order valence-corrected chi connectivity index (χ3v) is 7.53. The molecule has 0 saturated heterocycles. The third kappa shape index (κ3) is 14.6. The first-order valence-electron chi connectivity index (χ1n) is 15.7. The van der Waals surface area contributed by atoms with E-state index in [2.05, 4.69) is 35.2 Å². The monoisotopic (exact) mass is 828 g/mol. The maximum absolute atomic E-state index is 12.9. The first-order valence-corrected chi connectivity index (χ1v) is 16.8. The molecule has 0 aliphatic heterocycles. The molecular weight excluding hydrogens is 803 g/mol. The number of benzene rings is 4. The smallest absolute Gasteiger partial charge is 0.350 e. The van der Waals surface area contributed by atoms with E-state index in [-0.39, 0.29) is 57.9 Å². The van der Waals surface area contributed by atoms with Crippen molar-refractivity contribution in [3.05, 3.63) is 170 Å². The summed E-state index contributed by atoms with van der Waals surface area (Å²) in [6.07, 6.45) is -8.65. The van der Waals surface area contributed by atoms with Crippen molar-refractivity contribution in [2.75, 3.05) is 5.32 Å². The van der Waals surface area contributed by atoms with Gasteiger partial charge in [-0.2, -0.15) is 41.3 Å². The molecule has 0 bridgehead atoms.